The highest BCUT2D eigenvalue weighted by atomic mass is 19.4. The molecule has 0 fully saturated rings. The van der Waals surface area contributed by atoms with Crippen LogP contribution in [-0.4, -0.2) is 38.4 Å². The molecule has 0 radical (unpaired) electrons. The van der Waals surface area contributed by atoms with Crippen LogP contribution in [0.5, 0.6) is 0 Å². The number of halogens is 3. The molecule has 0 atom stereocenters. The minimum absolute atomic E-state index is 0.0586. The Morgan fingerprint density at radius 2 is 1.89 bits per heavy atom. The third-order valence-electron chi connectivity index (χ3n) is 4.43. The number of hydrogen-bond donors (Lipinski definition) is 1. The molecule has 28 heavy (non-hydrogen) atoms. The van der Waals surface area contributed by atoms with Crippen LogP contribution in [0.4, 0.5) is 13.2 Å². The number of carbonyl (C=O) groups is 1. The summed E-state index contributed by atoms with van der Waals surface area (Å²) in [5, 5.41) is 9.39. The molecule has 1 N–H and O–H groups in total. The van der Waals surface area contributed by atoms with Crippen LogP contribution in [-0.2, 0) is 19.1 Å². The van der Waals surface area contributed by atoms with E-state index in [0.717, 1.165) is 17.8 Å². The number of benzene rings is 1. The van der Waals surface area contributed by atoms with Crippen molar-refractivity contribution < 1.29 is 23.1 Å². The SMILES string of the molecule is CCc1nc2ccc(C(F)(F)F)cn2c1C(=O)N(CCO)Cc1ccccc1. The minimum atomic E-state index is -4.53. The number of aryl methyl sites for hydroxylation is 1. The summed E-state index contributed by atoms with van der Waals surface area (Å²) < 4.78 is 40.6. The van der Waals surface area contributed by atoms with Crippen molar-refractivity contribution in [2.75, 3.05) is 13.2 Å². The van der Waals surface area contributed by atoms with Crippen LogP contribution >= 0.6 is 0 Å². The van der Waals surface area contributed by atoms with Crippen LogP contribution in [0.3, 0.4) is 0 Å². The summed E-state index contributed by atoms with van der Waals surface area (Å²) in [7, 11) is 0. The van der Waals surface area contributed by atoms with E-state index >= 15 is 0 Å². The highest BCUT2D eigenvalue weighted by Crippen LogP contribution is 2.30. The zero-order valence-corrected chi connectivity index (χ0v) is 15.3. The first kappa shape index (κ1) is 19.9. The molecule has 0 aliphatic heterocycles. The summed E-state index contributed by atoms with van der Waals surface area (Å²) in [6.45, 7) is 1.82. The molecule has 8 heteroatoms. The van der Waals surface area contributed by atoms with E-state index in [4.69, 9.17) is 0 Å². The molecule has 0 aliphatic carbocycles. The largest absolute Gasteiger partial charge is 0.417 e. The van der Waals surface area contributed by atoms with Crippen molar-refractivity contribution in [1.29, 1.82) is 0 Å². The highest BCUT2D eigenvalue weighted by molar-refractivity contribution is 5.94. The van der Waals surface area contributed by atoms with Gasteiger partial charge in [-0.2, -0.15) is 13.2 Å². The van der Waals surface area contributed by atoms with E-state index in [-0.39, 0.29) is 31.0 Å². The van der Waals surface area contributed by atoms with Crippen molar-refractivity contribution in [2.24, 2.45) is 0 Å². The Morgan fingerprint density at radius 1 is 1.18 bits per heavy atom. The molecule has 0 spiro atoms. The van der Waals surface area contributed by atoms with Crippen molar-refractivity contribution in [1.82, 2.24) is 14.3 Å². The number of rotatable bonds is 6. The predicted octanol–water partition coefficient (Wildman–Crippen LogP) is 3.55. The van der Waals surface area contributed by atoms with Crippen molar-refractivity contribution in [3.05, 3.63) is 71.2 Å². The number of alkyl halides is 3. The van der Waals surface area contributed by atoms with E-state index in [9.17, 15) is 23.1 Å². The second kappa shape index (κ2) is 8.02. The van der Waals surface area contributed by atoms with Gasteiger partial charge >= 0.3 is 6.18 Å². The van der Waals surface area contributed by atoms with E-state index in [0.29, 0.717) is 12.1 Å². The van der Waals surface area contributed by atoms with E-state index in [2.05, 4.69) is 4.98 Å². The number of amides is 1. The Labute approximate surface area is 160 Å². The second-order valence-electron chi connectivity index (χ2n) is 6.34. The average Bonchev–Trinajstić information content (AvgIpc) is 3.05. The van der Waals surface area contributed by atoms with Crippen LogP contribution in [0, 0.1) is 0 Å². The Balaban J connectivity index is 2.06. The summed E-state index contributed by atoms with van der Waals surface area (Å²) in [6.07, 6.45) is -3.24. The van der Waals surface area contributed by atoms with Gasteiger partial charge in [0.2, 0.25) is 0 Å². The molecule has 2 heterocycles. The monoisotopic (exact) mass is 391 g/mol. The normalized spacial score (nSPS) is 11.8. The summed E-state index contributed by atoms with van der Waals surface area (Å²) in [5.74, 6) is -0.471. The van der Waals surface area contributed by atoms with Gasteiger partial charge in [0.15, 0.2) is 0 Å². The summed E-state index contributed by atoms with van der Waals surface area (Å²) >= 11 is 0. The number of aliphatic hydroxyl groups excluding tert-OH is 1. The van der Waals surface area contributed by atoms with Gasteiger partial charge in [0.1, 0.15) is 11.3 Å². The zero-order valence-electron chi connectivity index (χ0n) is 15.3. The van der Waals surface area contributed by atoms with Crippen molar-refractivity contribution in [2.45, 2.75) is 26.1 Å². The fourth-order valence-corrected chi connectivity index (χ4v) is 3.06. The van der Waals surface area contributed by atoms with Gasteiger partial charge in [-0.05, 0) is 24.1 Å². The molecule has 0 aliphatic rings. The van der Waals surface area contributed by atoms with E-state index in [1.807, 2.05) is 30.3 Å². The summed E-state index contributed by atoms with van der Waals surface area (Å²) in [6, 6.07) is 11.4. The van der Waals surface area contributed by atoms with Crippen LogP contribution in [0.2, 0.25) is 0 Å². The van der Waals surface area contributed by atoms with Gasteiger partial charge in [0, 0.05) is 19.3 Å². The topological polar surface area (TPSA) is 57.8 Å². The van der Waals surface area contributed by atoms with Crippen molar-refractivity contribution in [3.63, 3.8) is 0 Å². The van der Waals surface area contributed by atoms with Gasteiger partial charge in [0.25, 0.3) is 5.91 Å². The van der Waals surface area contributed by atoms with Gasteiger partial charge in [0.05, 0.1) is 17.9 Å². The second-order valence-corrected chi connectivity index (χ2v) is 6.34. The summed E-state index contributed by atoms with van der Waals surface area (Å²) in [5.41, 5.74) is 0.781. The molecule has 0 saturated carbocycles. The van der Waals surface area contributed by atoms with Gasteiger partial charge in [-0.1, -0.05) is 37.3 Å². The third-order valence-corrected chi connectivity index (χ3v) is 4.43. The van der Waals surface area contributed by atoms with Gasteiger partial charge in [-0.25, -0.2) is 4.98 Å². The van der Waals surface area contributed by atoms with Gasteiger partial charge < -0.3 is 10.0 Å². The van der Waals surface area contributed by atoms with E-state index < -0.39 is 17.6 Å². The fourth-order valence-electron chi connectivity index (χ4n) is 3.06. The van der Waals surface area contributed by atoms with Crippen LogP contribution in [0.1, 0.15) is 34.2 Å². The van der Waals surface area contributed by atoms with Crippen LogP contribution in [0.25, 0.3) is 5.65 Å². The number of carbonyl (C=O) groups excluding carboxylic acids is 1. The van der Waals surface area contributed by atoms with Crippen molar-refractivity contribution >= 4 is 11.6 Å². The first-order valence-electron chi connectivity index (χ1n) is 8.87. The molecule has 0 bridgehead atoms. The molecule has 3 rings (SSSR count). The zero-order chi connectivity index (χ0) is 20.3. The first-order chi connectivity index (χ1) is 13.3. The molecule has 1 amide bonds. The van der Waals surface area contributed by atoms with Gasteiger partial charge in [-0.3, -0.25) is 9.20 Å². The molecule has 2 aromatic heterocycles. The number of nitrogens with zero attached hydrogens (tertiary/aromatic N) is 3. The third kappa shape index (κ3) is 4.01. The standard InChI is InChI=1S/C20H20F3N3O2/c1-2-16-18(26-13-15(20(21,22)23)8-9-17(26)24-16)19(28)25(10-11-27)12-14-6-4-3-5-7-14/h3-9,13,27H,2,10-12H2,1H3. The Bertz CT molecular complexity index is 968. The van der Waals surface area contributed by atoms with Gasteiger partial charge in [-0.15, -0.1) is 0 Å². The number of fused-ring (bicyclic) bond motifs is 1. The minimum Gasteiger partial charge on any atom is -0.395 e. The number of aliphatic hydroxyl groups is 1. The Morgan fingerprint density at radius 3 is 2.50 bits per heavy atom. The molecular formula is C20H20F3N3O2. The van der Waals surface area contributed by atoms with E-state index in [1.54, 1.807) is 6.92 Å². The molecule has 148 valence electrons. The Kier molecular flexibility index (Phi) is 5.69. The molecular weight excluding hydrogens is 371 g/mol. The molecule has 3 aromatic rings. The maximum absolute atomic E-state index is 13.2. The average molecular weight is 391 g/mol. The molecule has 0 unspecified atom stereocenters. The summed E-state index contributed by atoms with van der Waals surface area (Å²) in [4.78, 5) is 19.0. The predicted molar refractivity (Wildman–Crippen MR) is 97.8 cm³/mol. The smallest absolute Gasteiger partial charge is 0.395 e. The van der Waals surface area contributed by atoms with Crippen LogP contribution < -0.4 is 0 Å². The molecule has 0 saturated heterocycles. The Hall–Kier alpha value is -2.87. The lowest BCUT2D eigenvalue weighted by Crippen LogP contribution is -2.34. The number of hydrogen-bond acceptors (Lipinski definition) is 3. The lowest BCUT2D eigenvalue weighted by atomic mass is 10.2. The number of pyridine rings is 1. The maximum atomic E-state index is 13.2. The number of aromatic nitrogens is 2. The quantitative estimate of drug-likeness (QED) is 0.699. The first-order valence-corrected chi connectivity index (χ1v) is 8.87. The van der Waals surface area contributed by atoms with Crippen LogP contribution in [0.15, 0.2) is 48.7 Å². The fraction of sp³-hybridized carbons (Fsp3) is 0.300. The van der Waals surface area contributed by atoms with Crippen molar-refractivity contribution in [3.8, 4) is 0 Å². The van der Waals surface area contributed by atoms with E-state index in [1.165, 1.54) is 15.4 Å². The lowest BCUT2D eigenvalue weighted by molar-refractivity contribution is -0.137. The highest BCUT2D eigenvalue weighted by Gasteiger charge is 2.32. The molecule has 5 nitrogen and oxygen atoms in total. The maximum Gasteiger partial charge on any atom is 0.417 e. The lowest BCUT2D eigenvalue weighted by Gasteiger charge is -2.22. The number of imidazole rings is 1. The molecule has 1 aromatic carbocycles.